The Morgan fingerprint density at radius 1 is 0.432 bits per heavy atom. The molecular formula is C31H38BNO4. The van der Waals surface area contributed by atoms with Crippen LogP contribution in [0.3, 0.4) is 0 Å². The maximum absolute atomic E-state index is 12.3. The minimum absolute atomic E-state index is 0.213. The van der Waals surface area contributed by atoms with Gasteiger partial charge in [0.2, 0.25) is 6.71 Å². The summed E-state index contributed by atoms with van der Waals surface area (Å²) in [6.07, 6.45) is 0. The van der Waals surface area contributed by atoms with Crippen molar-refractivity contribution < 1.29 is 19.8 Å². The monoisotopic (exact) mass is 499 g/mol. The molecule has 0 spiro atoms. The fourth-order valence-corrected chi connectivity index (χ4v) is 6.02. The Bertz CT molecular complexity index is 1330. The normalized spacial score (nSPS) is 11.1. The van der Waals surface area contributed by atoms with Crippen LogP contribution < -0.4 is 16.4 Å². The maximum Gasteiger partial charge on any atom is 0.354 e. The fourth-order valence-electron chi connectivity index (χ4n) is 6.02. The lowest BCUT2D eigenvalue weighted by Crippen LogP contribution is -2.59. The predicted octanol–water partition coefficient (Wildman–Crippen LogP) is 4.70. The Hall–Kier alpha value is -3.41. The Balaban J connectivity index is 2.73. The quantitative estimate of drug-likeness (QED) is 0.497. The van der Waals surface area contributed by atoms with Gasteiger partial charge < -0.3 is 10.2 Å². The van der Waals surface area contributed by atoms with Crippen LogP contribution in [0.4, 0.5) is 0 Å². The summed E-state index contributed by atoms with van der Waals surface area (Å²) >= 11 is 0. The Kier molecular flexibility index (Phi) is 7.47. The highest BCUT2D eigenvalue weighted by atomic mass is 16.4. The second-order valence-corrected chi connectivity index (χ2v) is 10.6. The van der Waals surface area contributed by atoms with E-state index in [1.165, 1.54) is 33.4 Å². The zero-order valence-electron chi connectivity index (χ0n) is 24.2. The van der Waals surface area contributed by atoms with Crippen LogP contribution in [0.5, 0.6) is 0 Å². The van der Waals surface area contributed by atoms with Gasteiger partial charge in [-0.15, -0.1) is 0 Å². The molecule has 2 N–H and O–H groups in total. The first-order chi connectivity index (χ1) is 17.1. The molecule has 3 rings (SSSR count). The fraction of sp³-hybridized carbons (Fsp3) is 0.387. The summed E-state index contributed by atoms with van der Waals surface area (Å²) in [4.78, 5) is 28.6. The maximum atomic E-state index is 12.3. The van der Waals surface area contributed by atoms with Gasteiger partial charge in [0, 0.05) is 0 Å². The van der Waals surface area contributed by atoms with E-state index in [9.17, 15) is 19.8 Å². The summed E-state index contributed by atoms with van der Waals surface area (Å²) in [5, 5.41) is 20.0. The number of hydrogen-bond donors (Lipinski definition) is 2. The van der Waals surface area contributed by atoms with Gasteiger partial charge in [0.25, 0.3) is 0 Å². The number of carboxylic acids is 2. The molecule has 0 fully saturated rings. The van der Waals surface area contributed by atoms with Gasteiger partial charge in [-0.3, -0.25) is 0 Å². The molecule has 0 atom stereocenters. The number of carbonyl (C=O) groups is 2. The zero-order valence-corrected chi connectivity index (χ0v) is 24.2. The van der Waals surface area contributed by atoms with Crippen molar-refractivity contribution in [3.8, 4) is 0 Å². The summed E-state index contributed by atoms with van der Waals surface area (Å²) in [5.41, 5.74) is 15.3. The number of rotatable bonds is 5. The zero-order chi connectivity index (χ0) is 28.3. The molecule has 37 heavy (non-hydrogen) atoms. The molecular weight excluding hydrogens is 461 g/mol. The van der Waals surface area contributed by atoms with E-state index in [4.69, 9.17) is 0 Å². The van der Waals surface area contributed by atoms with Crippen molar-refractivity contribution in [1.29, 1.82) is 0 Å². The van der Waals surface area contributed by atoms with Crippen molar-refractivity contribution in [1.82, 2.24) is 4.98 Å². The lowest BCUT2D eigenvalue weighted by atomic mass is 9.32. The van der Waals surface area contributed by atoms with Gasteiger partial charge in [-0.25, -0.2) is 14.6 Å². The molecule has 6 heteroatoms. The number of carboxylic acid groups (broad SMARTS) is 2. The highest BCUT2D eigenvalue weighted by molar-refractivity contribution is 6.97. The van der Waals surface area contributed by atoms with Crippen LogP contribution in [0.2, 0.25) is 0 Å². The van der Waals surface area contributed by atoms with Gasteiger partial charge >= 0.3 is 11.9 Å². The lowest BCUT2D eigenvalue weighted by Gasteiger charge is -2.31. The first kappa shape index (κ1) is 28.2. The van der Waals surface area contributed by atoms with E-state index in [-0.39, 0.29) is 18.1 Å². The third kappa shape index (κ3) is 4.26. The predicted molar refractivity (Wildman–Crippen MR) is 153 cm³/mol. The second kappa shape index (κ2) is 9.81. The second-order valence-electron chi connectivity index (χ2n) is 10.6. The SMILES string of the molecule is Cc1c(C)c(C)c(B(c2c(C)c(C(=O)O)nc(C(=O)O)c2C)c2c(C)c(C)c(C)c(C)c2C)c(C)c1C. The van der Waals surface area contributed by atoms with Crippen molar-refractivity contribution in [3.63, 3.8) is 0 Å². The molecule has 2 aromatic carbocycles. The third-order valence-corrected chi connectivity index (χ3v) is 9.13. The van der Waals surface area contributed by atoms with Crippen LogP contribution in [-0.4, -0.2) is 33.8 Å². The molecule has 0 aliphatic rings. The van der Waals surface area contributed by atoms with Crippen molar-refractivity contribution in [2.75, 3.05) is 0 Å². The van der Waals surface area contributed by atoms with Gasteiger partial charge in [0.1, 0.15) is 0 Å². The highest BCUT2D eigenvalue weighted by Crippen LogP contribution is 2.25. The third-order valence-electron chi connectivity index (χ3n) is 9.13. The highest BCUT2D eigenvalue weighted by Gasteiger charge is 2.36. The molecule has 0 saturated carbocycles. The summed E-state index contributed by atoms with van der Waals surface area (Å²) in [6.45, 7) is 24.4. The molecule has 1 heterocycles. The number of hydrogen-bond acceptors (Lipinski definition) is 3. The van der Waals surface area contributed by atoms with Gasteiger partial charge in [0.15, 0.2) is 11.4 Å². The molecule has 0 saturated heterocycles. The smallest absolute Gasteiger partial charge is 0.354 e. The summed E-state index contributed by atoms with van der Waals surface area (Å²) < 4.78 is 0. The Morgan fingerprint density at radius 3 is 0.892 bits per heavy atom. The molecule has 194 valence electrons. The van der Waals surface area contributed by atoms with E-state index >= 15 is 0 Å². The first-order valence-electron chi connectivity index (χ1n) is 12.7. The van der Waals surface area contributed by atoms with Crippen LogP contribution in [0.15, 0.2) is 0 Å². The molecule has 0 aliphatic carbocycles. The standard InChI is InChI=1S/C31H38BNO4/c1-13-15(3)19(7)25(20(8)16(13)4)32(26-21(9)17(5)14(2)18(6)22(26)10)27-23(11)28(30(34)35)33-29(24(27)12)31(36)37/h1-12H3,(H,34,35)(H,36,37). The molecule has 0 aliphatic heterocycles. The van der Waals surface area contributed by atoms with Gasteiger partial charge in [-0.05, 0) is 128 Å². The minimum Gasteiger partial charge on any atom is -0.477 e. The van der Waals surface area contributed by atoms with Crippen LogP contribution in [-0.2, 0) is 0 Å². The van der Waals surface area contributed by atoms with Crippen molar-refractivity contribution in [2.45, 2.75) is 83.1 Å². The van der Waals surface area contributed by atoms with Gasteiger partial charge in [-0.1, -0.05) is 38.6 Å². The van der Waals surface area contributed by atoms with Crippen molar-refractivity contribution in [3.05, 3.63) is 78.1 Å². The topological polar surface area (TPSA) is 87.5 Å². The number of aromatic nitrogens is 1. The van der Waals surface area contributed by atoms with E-state index in [0.29, 0.717) is 16.6 Å². The van der Waals surface area contributed by atoms with E-state index in [0.717, 1.165) is 33.2 Å². The lowest BCUT2D eigenvalue weighted by molar-refractivity contribution is 0.0684. The largest absolute Gasteiger partial charge is 0.477 e. The van der Waals surface area contributed by atoms with E-state index in [1.807, 2.05) is 0 Å². The average molecular weight is 499 g/mol. The molecule has 3 aromatic rings. The molecule has 0 bridgehead atoms. The van der Waals surface area contributed by atoms with Crippen molar-refractivity contribution >= 4 is 35.0 Å². The number of aromatic carboxylic acids is 2. The molecule has 0 amide bonds. The Labute approximate surface area is 221 Å². The number of pyridine rings is 1. The summed E-state index contributed by atoms with van der Waals surface area (Å²) in [6, 6.07) is 0. The molecule has 1 aromatic heterocycles. The molecule has 0 radical (unpaired) electrons. The Morgan fingerprint density at radius 2 is 0.649 bits per heavy atom. The van der Waals surface area contributed by atoms with E-state index in [1.54, 1.807) is 13.8 Å². The van der Waals surface area contributed by atoms with E-state index in [2.05, 4.69) is 74.2 Å². The van der Waals surface area contributed by atoms with Crippen LogP contribution >= 0.6 is 0 Å². The van der Waals surface area contributed by atoms with Crippen molar-refractivity contribution in [2.24, 2.45) is 0 Å². The van der Waals surface area contributed by atoms with E-state index < -0.39 is 11.9 Å². The molecule has 0 unspecified atom stereocenters. The molecule has 5 nitrogen and oxygen atoms in total. The van der Waals surface area contributed by atoms with Crippen LogP contribution in [0.1, 0.15) is 87.7 Å². The first-order valence-corrected chi connectivity index (χ1v) is 12.7. The average Bonchev–Trinajstić information content (AvgIpc) is 2.83. The van der Waals surface area contributed by atoms with Crippen LogP contribution in [0.25, 0.3) is 0 Å². The minimum atomic E-state index is -1.23. The summed E-state index contributed by atoms with van der Waals surface area (Å²) in [5.74, 6) is -2.45. The number of nitrogens with zero attached hydrogens (tertiary/aromatic N) is 1. The van der Waals surface area contributed by atoms with Gasteiger partial charge in [-0.2, -0.15) is 0 Å². The number of benzene rings is 2. The van der Waals surface area contributed by atoms with Gasteiger partial charge in [0.05, 0.1) is 0 Å². The van der Waals surface area contributed by atoms with Crippen LogP contribution in [0, 0.1) is 83.1 Å². The summed E-state index contributed by atoms with van der Waals surface area (Å²) in [7, 11) is 0.